The van der Waals surface area contributed by atoms with E-state index < -0.39 is 0 Å². The first-order valence-electron chi connectivity index (χ1n) is 9.07. The normalized spacial score (nSPS) is 18.2. The Bertz CT molecular complexity index is 811. The van der Waals surface area contributed by atoms with Gasteiger partial charge in [-0.1, -0.05) is 18.2 Å². The number of hydrogen-bond acceptors (Lipinski definition) is 5. The fraction of sp³-hybridized carbons (Fsp3) is 0.474. The molecule has 0 spiro atoms. The number of aromatic nitrogens is 2. The third-order valence-electron chi connectivity index (χ3n) is 5.18. The molecule has 0 bridgehead atoms. The maximum absolute atomic E-state index is 12.5. The molecule has 3 heterocycles. The van der Waals surface area contributed by atoms with E-state index in [0.29, 0.717) is 31.2 Å². The van der Waals surface area contributed by atoms with Crippen molar-refractivity contribution in [3.8, 4) is 5.75 Å². The second kappa shape index (κ2) is 6.88. The summed E-state index contributed by atoms with van der Waals surface area (Å²) < 4.78 is 0. The van der Waals surface area contributed by atoms with E-state index >= 15 is 0 Å². The van der Waals surface area contributed by atoms with E-state index in [1.54, 1.807) is 6.07 Å². The van der Waals surface area contributed by atoms with Crippen LogP contribution in [0.15, 0.2) is 29.1 Å². The van der Waals surface area contributed by atoms with Gasteiger partial charge < -0.3 is 10.0 Å². The molecule has 1 aromatic heterocycles. The summed E-state index contributed by atoms with van der Waals surface area (Å²) in [6.45, 7) is 4.04. The van der Waals surface area contributed by atoms with Crippen molar-refractivity contribution in [1.29, 1.82) is 0 Å². The van der Waals surface area contributed by atoms with Crippen LogP contribution in [0.3, 0.4) is 0 Å². The fourth-order valence-corrected chi connectivity index (χ4v) is 3.76. The van der Waals surface area contributed by atoms with Gasteiger partial charge in [0, 0.05) is 43.9 Å². The van der Waals surface area contributed by atoms with Crippen LogP contribution in [0.2, 0.25) is 0 Å². The summed E-state index contributed by atoms with van der Waals surface area (Å²) in [4.78, 5) is 24.7. The minimum atomic E-state index is 0.00721. The van der Waals surface area contributed by atoms with Crippen molar-refractivity contribution in [3.63, 3.8) is 0 Å². The van der Waals surface area contributed by atoms with Crippen LogP contribution in [0, 0.1) is 0 Å². The lowest BCUT2D eigenvalue weighted by molar-refractivity contribution is 0.237. The van der Waals surface area contributed by atoms with Crippen LogP contribution in [-0.4, -0.2) is 39.6 Å². The zero-order valence-electron chi connectivity index (χ0n) is 14.4. The number of para-hydroxylation sites is 1. The Morgan fingerprint density at radius 1 is 1.12 bits per heavy atom. The van der Waals surface area contributed by atoms with Crippen molar-refractivity contribution < 1.29 is 5.11 Å². The van der Waals surface area contributed by atoms with E-state index in [-0.39, 0.29) is 5.56 Å². The van der Waals surface area contributed by atoms with Gasteiger partial charge in [0.05, 0.1) is 5.69 Å². The number of hydrogen-bond donors (Lipinski definition) is 2. The topological polar surface area (TPSA) is 72.5 Å². The van der Waals surface area contributed by atoms with Gasteiger partial charge in [-0.15, -0.1) is 0 Å². The minimum absolute atomic E-state index is 0.00721. The third-order valence-corrected chi connectivity index (χ3v) is 5.18. The number of aromatic hydroxyl groups is 1. The highest BCUT2D eigenvalue weighted by atomic mass is 16.3. The van der Waals surface area contributed by atoms with E-state index in [2.05, 4.69) is 14.8 Å². The van der Waals surface area contributed by atoms with E-state index in [1.807, 2.05) is 18.2 Å². The molecule has 6 nitrogen and oxygen atoms in total. The molecule has 1 fully saturated rings. The van der Waals surface area contributed by atoms with Crippen LogP contribution in [0.25, 0.3) is 0 Å². The maximum atomic E-state index is 12.5. The van der Waals surface area contributed by atoms with Gasteiger partial charge in [-0.2, -0.15) is 0 Å². The molecular weight excluding hydrogens is 316 g/mol. The molecule has 0 radical (unpaired) electrons. The summed E-state index contributed by atoms with van der Waals surface area (Å²) in [5.41, 5.74) is 2.61. The molecule has 0 aliphatic carbocycles. The first-order valence-corrected chi connectivity index (χ1v) is 9.07. The molecule has 1 aromatic carbocycles. The van der Waals surface area contributed by atoms with E-state index in [9.17, 15) is 9.90 Å². The lowest BCUT2D eigenvalue weighted by Crippen LogP contribution is -2.38. The summed E-state index contributed by atoms with van der Waals surface area (Å²) in [6, 6.07) is 7.42. The molecule has 0 unspecified atom stereocenters. The molecule has 0 atom stereocenters. The Morgan fingerprint density at radius 3 is 2.72 bits per heavy atom. The van der Waals surface area contributed by atoms with Gasteiger partial charge in [0.15, 0.2) is 0 Å². The Hall–Kier alpha value is -2.34. The van der Waals surface area contributed by atoms with Gasteiger partial charge in [-0.3, -0.25) is 14.7 Å². The highest BCUT2D eigenvalue weighted by Crippen LogP contribution is 2.23. The van der Waals surface area contributed by atoms with Crippen LogP contribution in [0.4, 0.5) is 5.95 Å². The van der Waals surface area contributed by atoms with E-state index in [1.165, 1.54) is 6.42 Å². The van der Waals surface area contributed by atoms with Crippen LogP contribution in [0.5, 0.6) is 5.75 Å². The number of phenolic OH excluding ortho intramolecular Hbond substituents is 1. The van der Waals surface area contributed by atoms with Crippen molar-refractivity contribution in [2.24, 2.45) is 0 Å². The van der Waals surface area contributed by atoms with Gasteiger partial charge in [0.1, 0.15) is 5.75 Å². The number of phenols is 1. The molecule has 4 rings (SSSR count). The summed E-state index contributed by atoms with van der Waals surface area (Å²) in [5.74, 6) is 1.04. The molecule has 2 aromatic rings. The lowest BCUT2D eigenvalue weighted by atomic mass is 10.1. The standard InChI is InChI=1S/C19H24N4O2/c24-17-7-3-2-6-14(17)12-22-11-8-15-16(13-22)20-19(21-18(15)25)23-9-4-1-5-10-23/h2-3,6-7,24H,1,4-5,8-13H2,(H,20,21,25). The molecule has 2 aliphatic rings. The minimum Gasteiger partial charge on any atom is -0.508 e. The van der Waals surface area contributed by atoms with Crippen LogP contribution >= 0.6 is 0 Å². The Labute approximate surface area is 147 Å². The third kappa shape index (κ3) is 3.39. The molecular formula is C19H24N4O2. The molecule has 0 saturated carbocycles. The van der Waals surface area contributed by atoms with Gasteiger partial charge in [-0.25, -0.2) is 4.98 Å². The van der Waals surface area contributed by atoms with Gasteiger partial charge in [0.2, 0.25) is 5.95 Å². The Morgan fingerprint density at radius 2 is 1.92 bits per heavy atom. The molecule has 0 amide bonds. The van der Waals surface area contributed by atoms with Crippen molar-refractivity contribution in [2.45, 2.75) is 38.8 Å². The number of fused-ring (bicyclic) bond motifs is 1. The zero-order valence-corrected chi connectivity index (χ0v) is 14.4. The monoisotopic (exact) mass is 340 g/mol. The first kappa shape index (κ1) is 16.1. The smallest absolute Gasteiger partial charge is 0.255 e. The number of anilines is 1. The SMILES string of the molecule is O=c1[nH]c(N2CCCCC2)nc2c1CCN(Cc1ccccc1O)C2. The number of nitrogens with zero attached hydrogens (tertiary/aromatic N) is 3. The number of piperidine rings is 1. The number of aromatic amines is 1. The summed E-state index contributed by atoms with van der Waals surface area (Å²) in [5, 5.41) is 9.99. The quantitative estimate of drug-likeness (QED) is 0.894. The van der Waals surface area contributed by atoms with Crippen molar-refractivity contribution in [3.05, 3.63) is 51.4 Å². The van der Waals surface area contributed by atoms with E-state index in [0.717, 1.165) is 49.3 Å². The summed E-state index contributed by atoms with van der Waals surface area (Å²) in [6.07, 6.45) is 4.26. The van der Waals surface area contributed by atoms with Gasteiger partial charge in [-0.05, 0) is 31.7 Å². The molecule has 6 heteroatoms. The average molecular weight is 340 g/mol. The lowest BCUT2D eigenvalue weighted by Gasteiger charge is -2.31. The molecule has 2 N–H and O–H groups in total. The molecule has 1 saturated heterocycles. The highest BCUT2D eigenvalue weighted by molar-refractivity contribution is 5.35. The van der Waals surface area contributed by atoms with Crippen LogP contribution in [0.1, 0.15) is 36.1 Å². The molecule has 2 aliphatic heterocycles. The second-order valence-electron chi connectivity index (χ2n) is 6.95. The van der Waals surface area contributed by atoms with Gasteiger partial charge in [0.25, 0.3) is 5.56 Å². The van der Waals surface area contributed by atoms with Gasteiger partial charge >= 0.3 is 0 Å². The summed E-state index contributed by atoms with van der Waals surface area (Å²) >= 11 is 0. The predicted molar refractivity (Wildman–Crippen MR) is 96.8 cm³/mol. The Balaban J connectivity index is 1.56. The van der Waals surface area contributed by atoms with Crippen LogP contribution < -0.4 is 10.5 Å². The van der Waals surface area contributed by atoms with Crippen molar-refractivity contribution in [1.82, 2.24) is 14.9 Å². The van der Waals surface area contributed by atoms with Crippen molar-refractivity contribution in [2.75, 3.05) is 24.5 Å². The number of rotatable bonds is 3. The van der Waals surface area contributed by atoms with Crippen LogP contribution in [-0.2, 0) is 19.5 Å². The predicted octanol–water partition coefficient (Wildman–Crippen LogP) is 2.02. The highest BCUT2D eigenvalue weighted by Gasteiger charge is 2.23. The number of benzene rings is 1. The average Bonchev–Trinajstić information content (AvgIpc) is 2.64. The molecule has 25 heavy (non-hydrogen) atoms. The van der Waals surface area contributed by atoms with E-state index in [4.69, 9.17) is 4.98 Å². The first-order chi connectivity index (χ1) is 12.2. The fourth-order valence-electron chi connectivity index (χ4n) is 3.76. The summed E-state index contributed by atoms with van der Waals surface area (Å²) in [7, 11) is 0. The van der Waals surface area contributed by atoms with Crippen molar-refractivity contribution >= 4 is 5.95 Å². The maximum Gasteiger partial charge on any atom is 0.255 e. The Kier molecular flexibility index (Phi) is 4.44. The molecule has 132 valence electrons. The largest absolute Gasteiger partial charge is 0.508 e. The number of H-pyrrole nitrogens is 1. The zero-order chi connectivity index (χ0) is 17.2. The second-order valence-corrected chi connectivity index (χ2v) is 6.95. The number of nitrogens with one attached hydrogen (secondary N) is 1.